The maximum atomic E-state index is 12.9. The molecule has 34 heavy (non-hydrogen) atoms. The molecule has 4 aromatic rings. The Balaban J connectivity index is 1.15. The average molecular weight is 506 g/mol. The number of alkyl halides is 3. The summed E-state index contributed by atoms with van der Waals surface area (Å²) in [6.07, 6.45) is -2.03. The summed E-state index contributed by atoms with van der Waals surface area (Å²) in [4.78, 5) is 23.4. The smallest absolute Gasteiger partial charge is 0.355 e. The molecule has 1 aliphatic heterocycles. The Bertz CT molecular complexity index is 1290. The van der Waals surface area contributed by atoms with E-state index in [1.165, 1.54) is 23.5 Å². The molecule has 1 fully saturated rings. The van der Waals surface area contributed by atoms with Gasteiger partial charge in [-0.05, 0) is 30.2 Å². The van der Waals surface area contributed by atoms with Crippen LogP contribution in [0.2, 0.25) is 0 Å². The van der Waals surface area contributed by atoms with Gasteiger partial charge in [-0.2, -0.15) is 18.2 Å². The third kappa shape index (κ3) is 5.09. The zero-order chi connectivity index (χ0) is 23.7. The Morgan fingerprint density at radius 2 is 2.00 bits per heavy atom. The predicted molar refractivity (Wildman–Crippen MR) is 125 cm³/mol. The van der Waals surface area contributed by atoms with Gasteiger partial charge in [0.25, 0.3) is 0 Å². The summed E-state index contributed by atoms with van der Waals surface area (Å²) in [5.41, 5.74) is 0.229. The van der Waals surface area contributed by atoms with Gasteiger partial charge < -0.3 is 15.5 Å². The summed E-state index contributed by atoms with van der Waals surface area (Å²) >= 11 is 2.79. The van der Waals surface area contributed by atoms with Gasteiger partial charge in [-0.1, -0.05) is 40.9 Å². The van der Waals surface area contributed by atoms with E-state index in [1.54, 1.807) is 17.5 Å². The van der Waals surface area contributed by atoms with Crippen LogP contribution in [0.3, 0.4) is 0 Å². The minimum atomic E-state index is -4.45. The van der Waals surface area contributed by atoms with Crippen LogP contribution < -0.4 is 15.5 Å². The van der Waals surface area contributed by atoms with E-state index < -0.39 is 17.6 Å². The first-order valence-electron chi connectivity index (χ1n) is 10.4. The largest absolute Gasteiger partial charge is 0.416 e. The number of nitrogens with one attached hydrogen (secondary N) is 2. The summed E-state index contributed by atoms with van der Waals surface area (Å²) in [6.45, 7) is 1.59. The van der Waals surface area contributed by atoms with Crippen molar-refractivity contribution in [2.24, 2.45) is 0 Å². The van der Waals surface area contributed by atoms with Crippen LogP contribution in [0.4, 0.5) is 28.6 Å². The fraction of sp³-hybridized carbons (Fsp3) is 0.286. The molecule has 5 rings (SSSR count). The van der Waals surface area contributed by atoms with Crippen molar-refractivity contribution in [3.63, 3.8) is 0 Å². The molecule has 0 spiro atoms. The highest BCUT2D eigenvalue weighted by atomic mass is 32.1. The molecule has 1 atom stereocenters. The van der Waals surface area contributed by atoms with Crippen LogP contribution in [-0.2, 0) is 17.4 Å². The number of anilines is 3. The zero-order valence-electron chi connectivity index (χ0n) is 17.5. The number of amides is 1. The molecule has 2 N–H and O–H groups in total. The van der Waals surface area contributed by atoms with Crippen LogP contribution in [0.5, 0.6) is 0 Å². The van der Waals surface area contributed by atoms with Gasteiger partial charge in [0.05, 0.1) is 16.7 Å². The number of thiazole rings is 1. The Labute approximate surface area is 199 Å². The van der Waals surface area contributed by atoms with E-state index in [2.05, 4.69) is 35.7 Å². The van der Waals surface area contributed by atoms with Crippen molar-refractivity contribution in [2.45, 2.75) is 25.1 Å². The standard InChI is InChI=1S/C21H18F3N7OS2/c22-21(23,24)13-4-1-3-12(9-13)10-16(32)27-19-30-29-18(34-19)26-14-6-8-31(11-14)20-28-17-15(33-20)5-2-7-25-17/h1-5,7,9,14H,6,8,10-11H2,(H,26,29)(H,27,30,32)/t14-/m1/s1. The second kappa shape index (κ2) is 9.14. The van der Waals surface area contributed by atoms with E-state index in [0.717, 1.165) is 47.1 Å². The molecule has 0 radical (unpaired) electrons. The first-order valence-corrected chi connectivity index (χ1v) is 12.0. The van der Waals surface area contributed by atoms with E-state index in [0.29, 0.717) is 5.13 Å². The van der Waals surface area contributed by atoms with Crippen LogP contribution >= 0.6 is 22.7 Å². The molecule has 0 saturated carbocycles. The van der Waals surface area contributed by atoms with Gasteiger partial charge in [-0.15, -0.1) is 10.2 Å². The molecule has 1 amide bonds. The number of halogens is 3. The third-order valence-corrected chi connectivity index (χ3v) is 7.07. The fourth-order valence-electron chi connectivity index (χ4n) is 3.66. The predicted octanol–water partition coefficient (Wildman–Crippen LogP) is 4.43. The quantitative estimate of drug-likeness (QED) is 0.400. The number of carbonyl (C=O) groups is 1. The Hall–Kier alpha value is -3.32. The van der Waals surface area contributed by atoms with Gasteiger partial charge in [0.15, 0.2) is 10.8 Å². The van der Waals surface area contributed by atoms with Crippen LogP contribution in [-0.4, -0.2) is 45.2 Å². The summed E-state index contributed by atoms with van der Waals surface area (Å²) < 4.78 is 39.6. The zero-order valence-corrected chi connectivity index (χ0v) is 19.2. The van der Waals surface area contributed by atoms with Gasteiger partial charge in [0.2, 0.25) is 16.2 Å². The van der Waals surface area contributed by atoms with Crippen molar-refractivity contribution >= 4 is 54.3 Å². The van der Waals surface area contributed by atoms with Crippen molar-refractivity contribution in [3.05, 3.63) is 53.7 Å². The van der Waals surface area contributed by atoms with E-state index >= 15 is 0 Å². The summed E-state index contributed by atoms with van der Waals surface area (Å²) in [5.74, 6) is -0.460. The number of hydrogen-bond donors (Lipinski definition) is 2. The lowest BCUT2D eigenvalue weighted by molar-refractivity contribution is -0.137. The molecule has 8 nitrogen and oxygen atoms in total. The fourth-order valence-corrected chi connectivity index (χ4v) is 5.35. The van der Waals surface area contributed by atoms with Crippen molar-refractivity contribution in [1.29, 1.82) is 0 Å². The number of fused-ring (bicyclic) bond motifs is 1. The maximum absolute atomic E-state index is 12.9. The molecule has 13 heteroatoms. The highest BCUT2D eigenvalue weighted by Crippen LogP contribution is 2.31. The second-order valence-electron chi connectivity index (χ2n) is 7.73. The second-order valence-corrected chi connectivity index (χ2v) is 9.72. The number of aromatic nitrogens is 4. The lowest BCUT2D eigenvalue weighted by Crippen LogP contribution is -2.25. The van der Waals surface area contributed by atoms with Gasteiger partial charge in [-0.3, -0.25) is 4.79 Å². The van der Waals surface area contributed by atoms with E-state index in [4.69, 9.17) is 0 Å². The van der Waals surface area contributed by atoms with Crippen LogP contribution in [0.25, 0.3) is 10.3 Å². The van der Waals surface area contributed by atoms with Gasteiger partial charge in [0.1, 0.15) is 0 Å². The monoisotopic (exact) mass is 505 g/mol. The number of carbonyl (C=O) groups excluding carboxylic acids is 1. The molecule has 1 aliphatic rings. The van der Waals surface area contributed by atoms with Crippen LogP contribution in [0.1, 0.15) is 17.5 Å². The van der Waals surface area contributed by atoms with E-state index in [-0.39, 0.29) is 23.2 Å². The molecular formula is C21H18F3N7OS2. The van der Waals surface area contributed by atoms with Crippen molar-refractivity contribution in [2.75, 3.05) is 28.6 Å². The van der Waals surface area contributed by atoms with Crippen molar-refractivity contribution in [3.8, 4) is 0 Å². The molecule has 1 saturated heterocycles. The highest BCUT2D eigenvalue weighted by molar-refractivity contribution is 7.22. The number of rotatable bonds is 6. The van der Waals surface area contributed by atoms with Crippen LogP contribution in [0, 0.1) is 0 Å². The topological polar surface area (TPSA) is 95.9 Å². The van der Waals surface area contributed by atoms with Crippen molar-refractivity contribution < 1.29 is 18.0 Å². The number of benzene rings is 1. The third-order valence-electron chi connectivity index (χ3n) is 5.23. The first-order chi connectivity index (χ1) is 16.3. The number of nitrogens with zero attached hydrogens (tertiary/aromatic N) is 5. The minimum absolute atomic E-state index is 0.140. The molecule has 176 valence electrons. The molecule has 4 heterocycles. The Kier molecular flexibility index (Phi) is 6.04. The highest BCUT2D eigenvalue weighted by Gasteiger charge is 2.30. The van der Waals surface area contributed by atoms with Gasteiger partial charge in [0, 0.05) is 25.3 Å². The van der Waals surface area contributed by atoms with E-state index in [9.17, 15) is 18.0 Å². The van der Waals surface area contributed by atoms with Gasteiger partial charge >= 0.3 is 6.18 Å². The Morgan fingerprint density at radius 1 is 1.15 bits per heavy atom. The first kappa shape index (κ1) is 22.5. The van der Waals surface area contributed by atoms with Crippen molar-refractivity contribution in [1.82, 2.24) is 20.2 Å². The summed E-state index contributed by atoms with van der Waals surface area (Å²) in [7, 11) is 0. The molecule has 0 unspecified atom stereocenters. The maximum Gasteiger partial charge on any atom is 0.416 e. The molecule has 3 aromatic heterocycles. The number of pyridine rings is 1. The average Bonchev–Trinajstić information content (AvgIpc) is 3.53. The van der Waals surface area contributed by atoms with E-state index in [1.807, 2.05) is 12.1 Å². The van der Waals surface area contributed by atoms with Crippen LogP contribution in [0.15, 0.2) is 42.6 Å². The lowest BCUT2D eigenvalue weighted by Gasteiger charge is -2.14. The summed E-state index contributed by atoms with van der Waals surface area (Å²) in [5, 5.41) is 15.7. The SMILES string of the molecule is O=C(Cc1cccc(C(F)(F)F)c1)Nc1nnc(N[C@@H]2CCN(c3nc4ncccc4s3)C2)s1. The lowest BCUT2D eigenvalue weighted by atomic mass is 10.1. The molecule has 0 bridgehead atoms. The van der Waals surface area contributed by atoms with Gasteiger partial charge in [-0.25, -0.2) is 4.98 Å². The normalized spacial score (nSPS) is 16.2. The summed E-state index contributed by atoms with van der Waals surface area (Å²) in [6, 6.07) is 8.75. The number of hydrogen-bond acceptors (Lipinski definition) is 9. The Morgan fingerprint density at radius 3 is 2.82 bits per heavy atom. The molecule has 1 aromatic carbocycles. The molecule has 0 aliphatic carbocycles. The molecular weight excluding hydrogens is 487 g/mol. The minimum Gasteiger partial charge on any atom is -0.355 e.